The Labute approximate surface area is 121 Å². The van der Waals surface area contributed by atoms with E-state index in [0.29, 0.717) is 11.6 Å². The van der Waals surface area contributed by atoms with Gasteiger partial charge in [0.25, 0.3) is 5.22 Å². The van der Waals surface area contributed by atoms with Crippen LogP contribution in [0.15, 0.2) is 21.1 Å². The largest absolute Gasteiger partial charge is 0.437 e. The Morgan fingerprint density at radius 2 is 2.32 bits per heavy atom. The molecule has 0 aliphatic rings. The molecule has 0 saturated carbocycles. The third kappa shape index (κ3) is 3.87. The van der Waals surface area contributed by atoms with Gasteiger partial charge in [-0.2, -0.15) is 0 Å². The number of rotatable bonds is 4. The number of thioether (sulfide) groups is 1. The highest BCUT2D eigenvalue weighted by Gasteiger charge is 2.08. The van der Waals surface area contributed by atoms with E-state index in [1.54, 1.807) is 23.1 Å². The second-order valence-corrected chi connectivity index (χ2v) is 5.87. The summed E-state index contributed by atoms with van der Waals surface area (Å²) in [6.45, 7) is 3.97. The summed E-state index contributed by atoms with van der Waals surface area (Å²) < 4.78 is 5.54. The monoisotopic (exact) mass is 293 g/mol. The van der Waals surface area contributed by atoms with Crippen LogP contribution < -0.4 is 0 Å². The van der Waals surface area contributed by atoms with Crippen molar-refractivity contribution >= 4 is 23.1 Å². The number of nitrogens with zero attached hydrogens (tertiary/aromatic N) is 1. The van der Waals surface area contributed by atoms with E-state index in [0.717, 1.165) is 22.8 Å². The van der Waals surface area contributed by atoms with E-state index in [4.69, 9.17) is 9.52 Å². The van der Waals surface area contributed by atoms with E-state index in [2.05, 4.69) is 16.8 Å². The number of thiophene rings is 1. The van der Waals surface area contributed by atoms with E-state index in [1.165, 1.54) is 4.88 Å². The Hall–Kier alpha value is -1.22. The van der Waals surface area contributed by atoms with Crippen molar-refractivity contribution in [3.05, 3.63) is 33.3 Å². The molecule has 0 saturated heterocycles. The van der Waals surface area contributed by atoms with Crippen LogP contribution in [0.5, 0.6) is 0 Å². The molecule has 2 aromatic rings. The molecule has 2 rings (SSSR count). The maximum atomic E-state index is 8.72. The van der Waals surface area contributed by atoms with Crippen LogP contribution in [0, 0.1) is 25.7 Å². The van der Waals surface area contributed by atoms with Gasteiger partial charge in [0, 0.05) is 22.6 Å². The fourth-order valence-electron chi connectivity index (χ4n) is 1.41. The molecule has 0 aliphatic carbocycles. The van der Waals surface area contributed by atoms with Gasteiger partial charge in [0.05, 0.1) is 12.3 Å². The van der Waals surface area contributed by atoms with Gasteiger partial charge in [-0.1, -0.05) is 23.6 Å². The lowest BCUT2D eigenvalue weighted by molar-refractivity contribution is 0.305. The number of aliphatic hydroxyl groups is 1. The summed E-state index contributed by atoms with van der Waals surface area (Å²) in [7, 11) is 0. The van der Waals surface area contributed by atoms with Crippen molar-refractivity contribution < 1.29 is 9.52 Å². The molecule has 0 aliphatic heterocycles. The first-order valence-corrected chi connectivity index (χ1v) is 7.80. The first-order chi connectivity index (χ1) is 9.20. The van der Waals surface area contributed by atoms with Crippen LogP contribution in [0.25, 0.3) is 0 Å². The molecule has 0 fully saturated rings. The van der Waals surface area contributed by atoms with E-state index >= 15 is 0 Å². The van der Waals surface area contributed by atoms with Crippen LogP contribution in [0.2, 0.25) is 0 Å². The van der Waals surface area contributed by atoms with Crippen molar-refractivity contribution in [2.45, 2.75) is 31.2 Å². The van der Waals surface area contributed by atoms with Crippen molar-refractivity contribution in [3.8, 4) is 11.8 Å². The van der Waals surface area contributed by atoms with Gasteiger partial charge in [0.2, 0.25) is 0 Å². The lowest BCUT2D eigenvalue weighted by atomic mass is 10.2. The maximum Gasteiger partial charge on any atom is 0.256 e. The number of aryl methyl sites for hydroxylation is 2. The third-order valence-corrected chi connectivity index (χ3v) is 4.50. The van der Waals surface area contributed by atoms with Crippen LogP contribution in [0.1, 0.15) is 28.3 Å². The zero-order valence-corrected chi connectivity index (χ0v) is 12.5. The predicted molar refractivity (Wildman–Crippen MR) is 78.4 cm³/mol. The van der Waals surface area contributed by atoms with Crippen molar-refractivity contribution in [1.82, 2.24) is 4.98 Å². The lowest BCUT2D eigenvalue weighted by Crippen LogP contribution is -1.82. The van der Waals surface area contributed by atoms with Gasteiger partial charge >= 0.3 is 0 Å². The molecular weight excluding hydrogens is 278 g/mol. The minimum Gasteiger partial charge on any atom is -0.437 e. The molecule has 100 valence electrons. The summed E-state index contributed by atoms with van der Waals surface area (Å²) in [6, 6.07) is 2.01. The van der Waals surface area contributed by atoms with Crippen LogP contribution in [0.4, 0.5) is 0 Å². The van der Waals surface area contributed by atoms with Crippen LogP contribution in [0.3, 0.4) is 0 Å². The summed E-state index contributed by atoms with van der Waals surface area (Å²) in [5.74, 6) is 7.71. The molecule has 0 amide bonds. The molecule has 0 bridgehead atoms. The SMILES string of the molecule is Cc1nc(SCc2sccc2C#CCCO)oc1C. The first kappa shape index (κ1) is 14.2. The molecule has 1 N–H and O–H groups in total. The van der Waals surface area contributed by atoms with Gasteiger partial charge in [-0.05, 0) is 25.3 Å². The van der Waals surface area contributed by atoms with Crippen molar-refractivity contribution in [1.29, 1.82) is 0 Å². The van der Waals surface area contributed by atoms with Crippen LogP contribution in [-0.2, 0) is 5.75 Å². The van der Waals surface area contributed by atoms with Crippen molar-refractivity contribution in [2.24, 2.45) is 0 Å². The second kappa shape index (κ2) is 6.80. The van der Waals surface area contributed by atoms with Gasteiger partial charge in [0.15, 0.2) is 0 Å². The third-order valence-electron chi connectivity index (χ3n) is 2.54. The molecule has 0 aromatic carbocycles. The number of oxazole rings is 1. The topological polar surface area (TPSA) is 46.3 Å². The number of aromatic nitrogens is 1. The molecule has 0 spiro atoms. The molecule has 0 radical (unpaired) electrons. The zero-order chi connectivity index (χ0) is 13.7. The molecule has 0 atom stereocenters. The first-order valence-electron chi connectivity index (χ1n) is 5.93. The van der Waals surface area contributed by atoms with E-state index in [9.17, 15) is 0 Å². The summed E-state index contributed by atoms with van der Waals surface area (Å²) >= 11 is 3.26. The van der Waals surface area contributed by atoms with Gasteiger partial charge in [0.1, 0.15) is 5.76 Å². The summed E-state index contributed by atoms with van der Waals surface area (Å²) in [5, 5.41) is 11.5. The molecule has 2 heterocycles. The molecule has 2 aromatic heterocycles. The number of aliphatic hydroxyl groups excluding tert-OH is 1. The standard InChI is InChI=1S/C14H15NO2S2/c1-10-11(2)17-14(15-10)19-9-13-12(6-8-18-13)5-3-4-7-16/h6,8,16H,4,7,9H2,1-2H3. The maximum absolute atomic E-state index is 8.72. The van der Waals surface area contributed by atoms with Crippen molar-refractivity contribution in [2.75, 3.05) is 6.61 Å². The minimum absolute atomic E-state index is 0.107. The Morgan fingerprint density at radius 3 is 3.00 bits per heavy atom. The Morgan fingerprint density at radius 1 is 1.47 bits per heavy atom. The predicted octanol–water partition coefficient (Wildman–Crippen LogP) is 3.38. The fourth-order valence-corrected chi connectivity index (χ4v) is 3.27. The van der Waals surface area contributed by atoms with Crippen LogP contribution >= 0.6 is 23.1 Å². The number of hydrogen-bond donors (Lipinski definition) is 1. The average Bonchev–Trinajstić information content (AvgIpc) is 2.95. The normalized spacial score (nSPS) is 10.3. The van der Waals surface area contributed by atoms with E-state index < -0.39 is 0 Å². The molecule has 5 heteroatoms. The second-order valence-electron chi connectivity index (χ2n) is 3.94. The summed E-state index contributed by atoms with van der Waals surface area (Å²) in [5.41, 5.74) is 1.97. The Kier molecular flexibility index (Phi) is 5.08. The Balaban J connectivity index is 2.00. The lowest BCUT2D eigenvalue weighted by Gasteiger charge is -1.95. The van der Waals surface area contributed by atoms with Crippen LogP contribution in [-0.4, -0.2) is 16.7 Å². The Bertz CT molecular complexity index is 585. The smallest absolute Gasteiger partial charge is 0.256 e. The van der Waals surface area contributed by atoms with E-state index in [1.807, 2.05) is 25.3 Å². The zero-order valence-electron chi connectivity index (χ0n) is 10.9. The van der Waals surface area contributed by atoms with Gasteiger partial charge in [-0.25, -0.2) is 4.98 Å². The molecule has 19 heavy (non-hydrogen) atoms. The minimum atomic E-state index is 0.107. The highest BCUT2D eigenvalue weighted by atomic mass is 32.2. The average molecular weight is 293 g/mol. The van der Waals surface area contributed by atoms with Crippen molar-refractivity contribution in [3.63, 3.8) is 0 Å². The molecule has 3 nitrogen and oxygen atoms in total. The van der Waals surface area contributed by atoms with E-state index in [-0.39, 0.29) is 6.61 Å². The molecular formula is C14H15NO2S2. The summed E-state index contributed by atoms with van der Waals surface area (Å²) in [6.07, 6.45) is 0.514. The highest BCUT2D eigenvalue weighted by Crippen LogP contribution is 2.28. The van der Waals surface area contributed by atoms with Gasteiger partial charge in [-0.15, -0.1) is 11.3 Å². The quantitative estimate of drug-likeness (QED) is 0.693. The number of hydrogen-bond acceptors (Lipinski definition) is 5. The molecule has 0 unspecified atom stereocenters. The summed E-state index contributed by atoms with van der Waals surface area (Å²) in [4.78, 5) is 5.56. The van der Waals surface area contributed by atoms with Gasteiger partial charge < -0.3 is 9.52 Å². The highest BCUT2D eigenvalue weighted by molar-refractivity contribution is 7.98. The fraction of sp³-hybridized carbons (Fsp3) is 0.357. The van der Waals surface area contributed by atoms with Gasteiger partial charge in [-0.3, -0.25) is 0 Å².